The standard InChI is InChI=1S/C23H24FN5OS/c24-19-6-8-20(9-7-19)28-10-12-29(13-11-28)21-14-23(27-17-26-21)31-16-22(30)25-15-18-4-2-1-3-5-18/h1-9,14,17H,10-13,15-16H2,(H,25,30). The number of aromatic nitrogens is 2. The number of thioether (sulfide) groups is 1. The van der Waals surface area contributed by atoms with E-state index < -0.39 is 0 Å². The lowest BCUT2D eigenvalue weighted by molar-refractivity contribution is -0.118. The van der Waals surface area contributed by atoms with Gasteiger partial charge in [0.25, 0.3) is 0 Å². The first-order valence-corrected chi connectivity index (χ1v) is 11.2. The molecule has 1 N–H and O–H groups in total. The van der Waals surface area contributed by atoms with Gasteiger partial charge in [0.1, 0.15) is 23.0 Å². The highest BCUT2D eigenvalue weighted by Crippen LogP contribution is 2.22. The first-order valence-electron chi connectivity index (χ1n) is 10.2. The van der Waals surface area contributed by atoms with Crippen molar-refractivity contribution in [3.05, 3.63) is 78.4 Å². The summed E-state index contributed by atoms with van der Waals surface area (Å²) in [5.41, 5.74) is 2.10. The fourth-order valence-corrected chi connectivity index (χ4v) is 4.11. The number of anilines is 2. The normalized spacial score (nSPS) is 13.8. The maximum atomic E-state index is 13.1. The van der Waals surface area contributed by atoms with E-state index >= 15 is 0 Å². The summed E-state index contributed by atoms with van der Waals surface area (Å²) in [4.78, 5) is 25.3. The molecule has 31 heavy (non-hydrogen) atoms. The van der Waals surface area contributed by atoms with E-state index in [1.807, 2.05) is 48.5 Å². The minimum Gasteiger partial charge on any atom is -0.368 e. The molecular weight excluding hydrogens is 413 g/mol. The smallest absolute Gasteiger partial charge is 0.230 e. The molecule has 160 valence electrons. The van der Waals surface area contributed by atoms with Crippen molar-refractivity contribution in [3.8, 4) is 0 Å². The summed E-state index contributed by atoms with van der Waals surface area (Å²) < 4.78 is 13.1. The van der Waals surface area contributed by atoms with Gasteiger partial charge in [-0.3, -0.25) is 4.79 Å². The lowest BCUT2D eigenvalue weighted by Gasteiger charge is -2.36. The van der Waals surface area contributed by atoms with E-state index in [1.54, 1.807) is 6.33 Å². The van der Waals surface area contributed by atoms with Gasteiger partial charge in [0.2, 0.25) is 5.91 Å². The fourth-order valence-electron chi connectivity index (χ4n) is 3.41. The molecule has 0 unspecified atom stereocenters. The first-order chi connectivity index (χ1) is 15.2. The molecule has 2 heterocycles. The van der Waals surface area contributed by atoms with Gasteiger partial charge < -0.3 is 15.1 Å². The maximum Gasteiger partial charge on any atom is 0.230 e. The number of carbonyl (C=O) groups is 1. The zero-order valence-electron chi connectivity index (χ0n) is 17.1. The zero-order chi connectivity index (χ0) is 21.5. The van der Waals surface area contributed by atoms with Gasteiger partial charge in [-0.25, -0.2) is 14.4 Å². The van der Waals surface area contributed by atoms with Crippen LogP contribution in [0.25, 0.3) is 0 Å². The molecule has 4 rings (SSSR count). The van der Waals surface area contributed by atoms with Crippen molar-refractivity contribution in [1.29, 1.82) is 0 Å². The topological polar surface area (TPSA) is 61.4 Å². The van der Waals surface area contributed by atoms with Crippen LogP contribution in [0.4, 0.5) is 15.9 Å². The van der Waals surface area contributed by atoms with E-state index in [1.165, 1.54) is 23.9 Å². The molecule has 1 aliphatic heterocycles. The molecule has 0 saturated carbocycles. The molecule has 1 amide bonds. The molecule has 0 atom stereocenters. The number of halogens is 1. The van der Waals surface area contributed by atoms with E-state index in [0.29, 0.717) is 12.3 Å². The van der Waals surface area contributed by atoms with Crippen LogP contribution in [-0.2, 0) is 11.3 Å². The molecule has 3 aromatic rings. The predicted molar refractivity (Wildman–Crippen MR) is 122 cm³/mol. The van der Waals surface area contributed by atoms with E-state index in [9.17, 15) is 9.18 Å². The van der Waals surface area contributed by atoms with Crippen molar-refractivity contribution in [2.24, 2.45) is 0 Å². The third-order valence-corrected chi connectivity index (χ3v) is 6.03. The lowest BCUT2D eigenvalue weighted by atomic mass is 10.2. The quantitative estimate of drug-likeness (QED) is 0.452. The van der Waals surface area contributed by atoms with E-state index in [2.05, 4.69) is 25.1 Å². The minimum atomic E-state index is -0.220. The molecule has 8 heteroatoms. The molecule has 0 spiro atoms. The third kappa shape index (κ3) is 5.95. The van der Waals surface area contributed by atoms with Crippen LogP contribution in [0.3, 0.4) is 0 Å². The Labute approximate surface area is 185 Å². The van der Waals surface area contributed by atoms with Crippen molar-refractivity contribution in [3.63, 3.8) is 0 Å². The Morgan fingerprint density at radius 2 is 1.68 bits per heavy atom. The lowest BCUT2D eigenvalue weighted by Crippen LogP contribution is -2.46. The van der Waals surface area contributed by atoms with Crippen LogP contribution in [0, 0.1) is 5.82 Å². The predicted octanol–water partition coefficient (Wildman–Crippen LogP) is 3.35. The molecule has 0 radical (unpaired) electrons. The van der Waals surface area contributed by atoms with Gasteiger partial charge in [-0.15, -0.1) is 0 Å². The molecule has 1 aliphatic rings. The van der Waals surface area contributed by atoms with Crippen LogP contribution < -0.4 is 15.1 Å². The van der Waals surface area contributed by atoms with Crippen molar-refractivity contribution < 1.29 is 9.18 Å². The van der Waals surface area contributed by atoms with Crippen LogP contribution in [0.2, 0.25) is 0 Å². The molecule has 0 bridgehead atoms. The summed E-state index contributed by atoms with van der Waals surface area (Å²) in [5, 5.41) is 3.71. The Kier molecular flexibility index (Phi) is 6.99. The van der Waals surface area contributed by atoms with Crippen LogP contribution >= 0.6 is 11.8 Å². The van der Waals surface area contributed by atoms with Crippen LogP contribution in [0.15, 0.2) is 72.0 Å². The average Bonchev–Trinajstić information content (AvgIpc) is 2.83. The molecule has 1 fully saturated rings. The number of nitrogens with zero attached hydrogens (tertiary/aromatic N) is 4. The van der Waals surface area contributed by atoms with Gasteiger partial charge in [-0.05, 0) is 29.8 Å². The molecule has 1 aromatic heterocycles. The van der Waals surface area contributed by atoms with Gasteiger partial charge in [0, 0.05) is 44.5 Å². The van der Waals surface area contributed by atoms with Gasteiger partial charge in [-0.1, -0.05) is 42.1 Å². The second-order valence-electron chi connectivity index (χ2n) is 7.22. The fraction of sp³-hybridized carbons (Fsp3) is 0.261. The highest BCUT2D eigenvalue weighted by molar-refractivity contribution is 7.99. The maximum absolute atomic E-state index is 13.1. The monoisotopic (exact) mass is 437 g/mol. The number of hydrogen-bond acceptors (Lipinski definition) is 6. The molecule has 1 saturated heterocycles. The summed E-state index contributed by atoms with van der Waals surface area (Å²) in [6, 6.07) is 18.4. The van der Waals surface area contributed by atoms with E-state index in [0.717, 1.165) is 48.3 Å². The van der Waals surface area contributed by atoms with Crippen molar-refractivity contribution in [2.75, 3.05) is 41.7 Å². The summed E-state index contributed by atoms with van der Waals surface area (Å²) in [6.07, 6.45) is 1.55. The van der Waals surface area contributed by atoms with Gasteiger partial charge >= 0.3 is 0 Å². The number of amides is 1. The Hall–Kier alpha value is -3.13. The number of piperazine rings is 1. The number of benzene rings is 2. The second kappa shape index (κ2) is 10.3. The summed E-state index contributed by atoms with van der Waals surface area (Å²) in [7, 11) is 0. The SMILES string of the molecule is O=C(CSc1cc(N2CCN(c3ccc(F)cc3)CC2)ncn1)NCc1ccccc1. The van der Waals surface area contributed by atoms with Gasteiger partial charge in [0.15, 0.2) is 0 Å². The number of nitrogens with one attached hydrogen (secondary N) is 1. The third-order valence-electron chi connectivity index (χ3n) is 5.11. The Bertz CT molecular complexity index is 994. The second-order valence-corrected chi connectivity index (χ2v) is 8.21. The molecule has 2 aromatic carbocycles. The van der Waals surface area contributed by atoms with E-state index in [-0.39, 0.29) is 11.7 Å². The Balaban J connectivity index is 1.26. The highest BCUT2D eigenvalue weighted by Gasteiger charge is 2.19. The van der Waals surface area contributed by atoms with Gasteiger partial charge in [0.05, 0.1) is 5.75 Å². The van der Waals surface area contributed by atoms with Crippen LogP contribution in [-0.4, -0.2) is 47.8 Å². The highest BCUT2D eigenvalue weighted by atomic mass is 32.2. The number of rotatable bonds is 7. The summed E-state index contributed by atoms with van der Waals surface area (Å²) in [6.45, 7) is 3.82. The largest absolute Gasteiger partial charge is 0.368 e. The summed E-state index contributed by atoms with van der Waals surface area (Å²) >= 11 is 1.40. The van der Waals surface area contributed by atoms with Crippen molar-refractivity contribution in [1.82, 2.24) is 15.3 Å². The van der Waals surface area contributed by atoms with E-state index in [4.69, 9.17) is 0 Å². The van der Waals surface area contributed by atoms with Crippen molar-refractivity contribution in [2.45, 2.75) is 11.6 Å². The Morgan fingerprint density at radius 3 is 2.42 bits per heavy atom. The Morgan fingerprint density at radius 1 is 0.968 bits per heavy atom. The molecule has 6 nitrogen and oxygen atoms in total. The van der Waals surface area contributed by atoms with Gasteiger partial charge in [-0.2, -0.15) is 0 Å². The summed E-state index contributed by atoms with van der Waals surface area (Å²) in [5.74, 6) is 0.923. The zero-order valence-corrected chi connectivity index (χ0v) is 17.9. The van der Waals surface area contributed by atoms with Crippen LogP contribution in [0.1, 0.15) is 5.56 Å². The first kappa shape index (κ1) is 21.1. The van der Waals surface area contributed by atoms with Crippen LogP contribution in [0.5, 0.6) is 0 Å². The average molecular weight is 438 g/mol. The number of carbonyl (C=O) groups excluding carboxylic acids is 1. The van der Waals surface area contributed by atoms with Crippen molar-refractivity contribution >= 4 is 29.2 Å². The number of hydrogen-bond donors (Lipinski definition) is 1. The molecular formula is C23H24FN5OS. The molecule has 0 aliphatic carbocycles. The minimum absolute atomic E-state index is 0.0260.